The number of anilines is 1. The average Bonchev–Trinajstić information content (AvgIpc) is 3.76. The number of nitrogens with zero attached hydrogens (tertiary/aromatic N) is 1. The number of ether oxygens (including phenoxy) is 1. The molecule has 1 heterocycles. The van der Waals surface area contributed by atoms with Gasteiger partial charge >= 0.3 is 0 Å². The summed E-state index contributed by atoms with van der Waals surface area (Å²) in [5.41, 5.74) is 0.664. The standard InChI is InChI=1S/C26H28N2O5S/c1-17-14-22(17)24-13-12-20(33-24)16-28(19-10-11-19)26(29)18-6-5-7-21(15-18)34(30,31)27-23-8-3-4-9-25(23)32-2/h3-9,12-13,15,17,19,22,27H,10-11,14,16H2,1-2H3. The van der Waals surface area contributed by atoms with Crippen LogP contribution in [-0.4, -0.2) is 32.4 Å². The summed E-state index contributed by atoms with van der Waals surface area (Å²) in [4.78, 5) is 15.2. The second kappa shape index (κ2) is 8.83. The van der Waals surface area contributed by atoms with Gasteiger partial charge in [0.2, 0.25) is 0 Å². The van der Waals surface area contributed by atoms with Crippen molar-refractivity contribution >= 4 is 21.6 Å². The number of para-hydroxylation sites is 2. The maximum absolute atomic E-state index is 13.4. The first-order valence-electron chi connectivity index (χ1n) is 11.5. The van der Waals surface area contributed by atoms with E-state index in [4.69, 9.17) is 9.15 Å². The minimum atomic E-state index is -3.91. The number of carbonyl (C=O) groups excluding carboxylic acids is 1. The van der Waals surface area contributed by atoms with Gasteiger partial charge in [-0.05, 0) is 67.6 Å². The average molecular weight is 481 g/mol. The molecular formula is C26H28N2O5S. The molecule has 3 aromatic rings. The molecular weight excluding hydrogens is 452 g/mol. The van der Waals surface area contributed by atoms with Crippen LogP contribution in [0.2, 0.25) is 0 Å². The van der Waals surface area contributed by atoms with Crippen molar-refractivity contribution in [1.82, 2.24) is 4.90 Å². The maximum Gasteiger partial charge on any atom is 0.262 e. The Kier molecular flexibility index (Phi) is 5.85. The Morgan fingerprint density at radius 1 is 1.12 bits per heavy atom. The molecule has 2 aliphatic carbocycles. The van der Waals surface area contributed by atoms with E-state index in [0.29, 0.717) is 35.4 Å². The van der Waals surface area contributed by atoms with Gasteiger partial charge in [0.1, 0.15) is 17.3 Å². The third-order valence-corrected chi connectivity index (χ3v) is 7.84. The molecule has 1 aromatic heterocycles. The lowest BCUT2D eigenvalue weighted by molar-refractivity contribution is 0.0716. The number of methoxy groups -OCH3 is 1. The lowest BCUT2D eigenvalue weighted by atomic mass is 10.2. The summed E-state index contributed by atoms with van der Waals surface area (Å²) in [5, 5.41) is 0. The molecule has 2 aliphatic rings. The number of nitrogens with one attached hydrogen (secondary N) is 1. The predicted octanol–water partition coefficient (Wildman–Crippen LogP) is 5.02. The first-order valence-corrected chi connectivity index (χ1v) is 13.0. The minimum absolute atomic E-state index is 0.0167. The topological polar surface area (TPSA) is 88.8 Å². The van der Waals surface area contributed by atoms with Crippen molar-refractivity contribution < 1.29 is 22.4 Å². The summed E-state index contributed by atoms with van der Waals surface area (Å²) in [5.74, 6) is 3.09. The maximum atomic E-state index is 13.4. The molecule has 7 nitrogen and oxygen atoms in total. The lowest BCUT2D eigenvalue weighted by Gasteiger charge is -2.22. The fraction of sp³-hybridized carbons (Fsp3) is 0.346. The van der Waals surface area contributed by atoms with Crippen LogP contribution in [-0.2, 0) is 16.6 Å². The van der Waals surface area contributed by atoms with Gasteiger partial charge < -0.3 is 14.1 Å². The van der Waals surface area contributed by atoms with Crippen LogP contribution in [0.25, 0.3) is 0 Å². The highest BCUT2D eigenvalue weighted by molar-refractivity contribution is 7.92. The van der Waals surface area contributed by atoms with Crippen LogP contribution in [0.15, 0.2) is 70.0 Å². The molecule has 1 N–H and O–H groups in total. The summed E-state index contributed by atoms with van der Waals surface area (Å²) in [7, 11) is -2.44. The van der Waals surface area contributed by atoms with Gasteiger partial charge in [-0.1, -0.05) is 25.1 Å². The van der Waals surface area contributed by atoms with Gasteiger partial charge in [0.05, 0.1) is 24.2 Å². The van der Waals surface area contributed by atoms with E-state index >= 15 is 0 Å². The van der Waals surface area contributed by atoms with Crippen LogP contribution in [0.1, 0.15) is 54.0 Å². The molecule has 5 rings (SSSR count). The predicted molar refractivity (Wildman–Crippen MR) is 128 cm³/mol. The largest absolute Gasteiger partial charge is 0.495 e. The highest BCUT2D eigenvalue weighted by Crippen LogP contribution is 2.47. The Balaban J connectivity index is 1.36. The van der Waals surface area contributed by atoms with Crippen LogP contribution >= 0.6 is 0 Å². The number of benzene rings is 2. The summed E-state index contributed by atoms with van der Waals surface area (Å²) in [6.45, 7) is 2.58. The summed E-state index contributed by atoms with van der Waals surface area (Å²) in [6.07, 6.45) is 3.01. The molecule has 34 heavy (non-hydrogen) atoms. The molecule has 2 aromatic carbocycles. The van der Waals surface area contributed by atoms with Crippen molar-refractivity contribution in [1.29, 1.82) is 0 Å². The fourth-order valence-electron chi connectivity index (χ4n) is 4.21. The van der Waals surface area contributed by atoms with Crippen molar-refractivity contribution in [3.05, 3.63) is 77.7 Å². The lowest BCUT2D eigenvalue weighted by Crippen LogP contribution is -2.32. The molecule has 8 heteroatoms. The van der Waals surface area contributed by atoms with Gasteiger partial charge in [0.25, 0.3) is 15.9 Å². The molecule has 0 aliphatic heterocycles. The van der Waals surface area contributed by atoms with E-state index in [9.17, 15) is 13.2 Å². The zero-order valence-electron chi connectivity index (χ0n) is 19.2. The van der Waals surface area contributed by atoms with Crippen LogP contribution in [0.5, 0.6) is 5.75 Å². The Hall–Kier alpha value is -3.26. The van der Waals surface area contributed by atoms with Crippen molar-refractivity contribution in [2.75, 3.05) is 11.8 Å². The van der Waals surface area contributed by atoms with Gasteiger partial charge in [-0.25, -0.2) is 8.42 Å². The van der Waals surface area contributed by atoms with E-state index < -0.39 is 10.0 Å². The van der Waals surface area contributed by atoms with Gasteiger partial charge in [0, 0.05) is 17.5 Å². The van der Waals surface area contributed by atoms with Crippen LogP contribution < -0.4 is 9.46 Å². The van der Waals surface area contributed by atoms with E-state index in [1.807, 2.05) is 12.1 Å². The van der Waals surface area contributed by atoms with E-state index in [0.717, 1.165) is 30.8 Å². The summed E-state index contributed by atoms with van der Waals surface area (Å²) in [6, 6.07) is 17.0. The highest BCUT2D eigenvalue weighted by atomic mass is 32.2. The second-order valence-corrected chi connectivity index (χ2v) is 10.8. The number of rotatable bonds is 9. The van der Waals surface area contributed by atoms with Crippen LogP contribution in [0.4, 0.5) is 5.69 Å². The quantitative estimate of drug-likeness (QED) is 0.465. The first-order chi connectivity index (χ1) is 16.4. The molecule has 2 atom stereocenters. The Labute approximate surface area is 199 Å². The van der Waals surface area contributed by atoms with E-state index in [2.05, 4.69) is 11.6 Å². The number of hydrogen-bond donors (Lipinski definition) is 1. The van der Waals surface area contributed by atoms with Gasteiger partial charge in [-0.15, -0.1) is 0 Å². The molecule has 2 fully saturated rings. The summed E-state index contributed by atoms with van der Waals surface area (Å²) < 4.78 is 39.9. The Morgan fingerprint density at radius 3 is 2.59 bits per heavy atom. The van der Waals surface area contributed by atoms with Crippen molar-refractivity contribution in [3.63, 3.8) is 0 Å². The SMILES string of the molecule is COc1ccccc1NS(=O)(=O)c1cccc(C(=O)N(Cc2ccc(C3CC3C)o2)C2CC2)c1. The van der Waals surface area contributed by atoms with Crippen molar-refractivity contribution in [2.45, 2.75) is 49.6 Å². The molecule has 0 spiro atoms. The van der Waals surface area contributed by atoms with Crippen LogP contribution in [0, 0.1) is 5.92 Å². The highest BCUT2D eigenvalue weighted by Gasteiger charge is 2.38. The third-order valence-electron chi connectivity index (χ3n) is 6.47. The molecule has 2 unspecified atom stereocenters. The van der Waals surface area contributed by atoms with Gasteiger partial charge in [-0.3, -0.25) is 9.52 Å². The molecule has 0 saturated heterocycles. The van der Waals surface area contributed by atoms with Crippen LogP contribution in [0.3, 0.4) is 0 Å². The molecule has 1 amide bonds. The number of sulfonamides is 1. The first kappa shape index (κ1) is 22.5. The van der Waals surface area contributed by atoms with Gasteiger partial charge in [0.15, 0.2) is 0 Å². The monoisotopic (exact) mass is 480 g/mol. The summed E-state index contributed by atoms with van der Waals surface area (Å²) >= 11 is 0. The smallest absolute Gasteiger partial charge is 0.262 e. The molecule has 0 bridgehead atoms. The molecule has 2 saturated carbocycles. The fourth-order valence-corrected chi connectivity index (χ4v) is 5.33. The zero-order chi connectivity index (χ0) is 23.9. The third kappa shape index (κ3) is 4.68. The van der Waals surface area contributed by atoms with Crippen molar-refractivity contribution in [3.8, 4) is 5.75 Å². The number of hydrogen-bond acceptors (Lipinski definition) is 5. The Morgan fingerprint density at radius 2 is 1.88 bits per heavy atom. The number of amides is 1. The Bertz CT molecular complexity index is 1310. The molecule has 178 valence electrons. The zero-order valence-corrected chi connectivity index (χ0v) is 20.0. The molecule has 0 radical (unpaired) electrons. The van der Waals surface area contributed by atoms with E-state index in [-0.39, 0.29) is 16.8 Å². The normalized spacial score (nSPS) is 19.5. The van der Waals surface area contributed by atoms with E-state index in [1.54, 1.807) is 41.3 Å². The minimum Gasteiger partial charge on any atom is -0.495 e. The number of furan rings is 1. The van der Waals surface area contributed by atoms with E-state index in [1.165, 1.54) is 19.2 Å². The number of carbonyl (C=O) groups is 1. The van der Waals surface area contributed by atoms with Gasteiger partial charge in [-0.2, -0.15) is 0 Å². The second-order valence-electron chi connectivity index (χ2n) is 9.12. The van der Waals surface area contributed by atoms with Crippen molar-refractivity contribution in [2.24, 2.45) is 5.92 Å².